The second-order valence-corrected chi connectivity index (χ2v) is 6.44. The molecule has 0 radical (unpaired) electrons. The number of ether oxygens (including phenoxy) is 4. The molecule has 0 saturated heterocycles. The van der Waals surface area contributed by atoms with E-state index in [9.17, 15) is 9.59 Å². The molecular formula is C22H23NO7. The summed E-state index contributed by atoms with van der Waals surface area (Å²) in [5, 5.41) is 3.33. The number of furan rings is 1. The molecule has 0 aliphatic rings. The molecule has 0 fully saturated rings. The van der Waals surface area contributed by atoms with Gasteiger partial charge in [-0.2, -0.15) is 0 Å². The second kappa shape index (κ2) is 10.4. The first-order valence-corrected chi connectivity index (χ1v) is 9.25. The maximum absolute atomic E-state index is 12.4. The third kappa shape index (κ3) is 5.59. The Morgan fingerprint density at radius 1 is 1.13 bits per heavy atom. The zero-order chi connectivity index (χ0) is 21.3. The number of nitrogens with one attached hydrogen (secondary N) is 1. The van der Waals surface area contributed by atoms with Gasteiger partial charge in [0.1, 0.15) is 29.4 Å². The summed E-state index contributed by atoms with van der Waals surface area (Å²) < 4.78 is 26.5. The van der Waals surface area contributed by atoms with E-state index < -0.39 is 11.9 Å². The fourth-order valence-corrected chi connectivity index (χ4v) is 2.77. The minimum absolute atomic E-state index is 0.0203. The number of carbonyl (C=O) groups is 2. The Labute approximate surface area is 173 Å². The van der Waals surface area contributed by atoms with E-state index in [1.807, 2.05) is 18.2 Å². The van der Waals surface area contributed by atoms with E-state index in [1.165, 1.54) is 0 Å². The molecule has 0 aliphatic heterocycles. The summed E-state index contributed by atoms with van der Waals surface area (Å²) in [6.07, 6.45) is 0.627. The first-order valence-electron chi connectivity index (χ1n) is 9.25. The van der Waals surface area contributed by atoms with Crippen LogP contribution in [0.3, 0.4) is 0 Å². The van der Waals surface area contributed by atoms with Crippen molar-refractivity contribution in [1.82, 2.24) is 5.32 Å². The van der Waals surface area contributed by atoms with Crippen LogP contribution in [0.5, 0.6) is 11.5 Å². The number of aldehydes is 1. The highest BCUT2D eigenvalue weighted by Gasteiger charge is 2.17. The lowest BCUT2D eigenvalue weighted by atomic mass is 10.2. The van der Waals surface area contributed by atoms with Crippen LogP contribution < -0.4 is 14.8 Å². The molecule has 1 atom stereocenters. The Bertz CT molecular complexity index is 998. The zero-order valence-electron chi connectivity index (χ0n) is 16.8. The molecule has 8 nitrogen and oxygen atoms in total. The minimum Gasteiger partial charge on any atom is -0.497 e. The molecule has 158 valence electrons. The minimum atomic E-state index is -0.812. The summed E-state index contributed by atoms with van der Waals surface area (Å²) in [4.78, 5) is 23.8. The van der Waals surface area contributed by atoms with Crippen molar-refractivity contribution in [2.45, 2.75) is 12.6 Å². The molecule has 1 amide bonds. The predicted molar refractivity (Wildman–Crippen MR) is 109 cm³/mol. The van der Waals surface area contributed by atoms with E-state index in [2.05, 4.69) is 5.32 Å². The number of methoxy groups -OCH3 is 2. The fraction of sp³-hybridized carbons (Fsp3) is 0.273. The highest BCUT2D eigenvalue weighted by molar-refractivity contribution is 5.97. The number of fused-ring (bicyclic) bond motifs is 1. The van der Waals surface area contributed by atoms with Crippen molar-refractivity contribution >= 4 is 23.2 Å². The molecule has 1 unspecified atom stereocenters. The largest absolute Gasteiger partial charge is 0.497 e. The first-order chi connectivity index (χ1) is 14.6. The van der Waals surface area contributed by atoms with Crippen molar-refractivity contribution in [2.75, 3.05) is 27.6 Å². The van der Waals surface area contributed by atoms with E-state index in [1.54, 1.807) is 44.6 Å². The quantitative estimate of drug-likeness (QED) is 0.381. The molecule has 0 bridgehead atoms. The number of rotatable bonds is 11. The van der Waals surface area contributed by atoms with Gasteiger partial charge >= 0.3 is 0 Å². The lowest BCUT2D eigenvalue weighted by Crippen LogP contribution is -2.39. The number of benzene rings is 2. The third-order valence-electron chi connectivity index (χ3n) is 4.24. The zero-order valence-corrected chi connectivity index (χ0v) is 16.8. The van der Waals surface area contributed by atoms with Crippen molar-refractivity contribution < 1.29 is 33.0 Å². The summed E-state index contributed by atoms with van der Waals surface area (Å²) >= 11 is 0. The van der Waals surface area contributed by atoms with Gasteiger partial charge in [-0.3, -0.25) is 4.79 Å². The number of carbonyl (C=O) groups excluding carboxylic acids is 2. The van der Waals surface area contributed by atoms with Crippen molar-refractivity contribution in [1.29, 1.82) is 0 Å². The van der Waals surface area contributed by atoms with Gasteiger partial charge in [-0.15, -0.1) is 0 Å². The van der Waals surface area contributed by atoms with Crippen LogP contribution in [0.4, 0.5) is 0 Å². The molecule has 1 N–H and O–H groups in total. The number of amides is 1. The molecule has 1 heterocycles. The summed E-state index contributed by atoms with van der Waals surface area (Å²) in [7, 11) is 3.11. The van der Waals surface area contributed by atoms with E-state index in [4.69, 9.17) is 23.4 Å². The lowest BCUT2D eigenvalue weighted by molar-refractivity contribution is -0.110. The highest BCUT2D eigenvalue weighted by atomic mass is 16.7. The first kappa shape index (κ1) is 21.4. The molecule has 3 aromatic rings. The second-order valence-electron chi connectivity index (χ2n) is 6.44. The molecule has 2 aromatic carbocycles. The molecule has 1 aromatic heterocycles. The van der Waals surface area contributed by atoms with Crippen LogP contribution in [0.2, 0.25) is 0 Å². The number of hydrogen-bond acceptors (Lipinski definition) is 7. The average Bonchev–Trinajstić information content (AvgIpc) is 3.20. The van der Waals surface area contributed by atoms with Gasteiger partial charge in [-0.05, 0) is 42.0 Å². The molecular weight excluding hydrogens is 390 g/mol. The molecule has 0 spiro atoms. The van der Waals surface area contributed by atoms with Gasteiger partial charge in [0, 0.05) is 12.5 Å². The summed E-state index contributed by atoms with van der Waals surface area (Å²) in [6, 6.07) is 13.3. The van der Waals surface area contributed by atoms with Crippen molar-refractivity contribution in [2.24, 2.45) is 0 Å². The maximum Gasteiger partial charge on any atom is 0.287 e. The molecule has 0 aliphatic carbocycles. The van der Waals surface area contributed by atoms with E-state index in [0.29, 0.717) is 23.4 Å². The van der Waals surface area contributed by atoms with Gasteiger partial charge < -0.3 is 33.5 Å². The monoisotopic (exact) mass is 413 g/mol. The van der Waals surface area contributed by atoms with Gasteiger partial charge in [0.2, 0.25) is 0 Å². The van der Waals surface area contributed by atoms with E-state index in [0.717, 1.165) is 10.9 Å². The van der Waals surface area contributed by atoms with Gasteiger partial charge in [0.05, 0.1) is 20.3 Å². The van der Waals surface area contributed by atoms with Crippen molar-refractivity contribution in [3.8, 4) is 11.5 Å². The van der Waals surface area contributed by atoms with Crippen molar-refractivity contribution in [3.63, 3.8) is 0 Å². The molecule has 8 heteroatoms. The summed E-state index contributed by atoms with van der Waals surface area (Å²) in [5.41, 5.74) is 1.42. The van der Waals surface area contributed by atoms with E-state index >= 15 is 0 Å². The van der Waals surface area contributed by atoms with Gasteiger partial charge in [0.15, 0.2) is 12.6 Å². The molecule has 0 saturated carbocycles. The number of hydrogen-bond donors (Lipinski definition) is 1. The van der Waals surface area contributed by atoms with Crippen LogP contribution in [0, 0.1) is 0 Å². The van der Waals surface area contributed by atoms with Crippen LogP contribution in [0.1, 0.15) is 16.1 Å². The Balaban J connectivity index is 1.54. The molecule has 3 rings (SSSR count). The van der Waals surface area contributed by atoms with Crippen LogP contribution in [-0.2, 0) is 20.9 Å². The van der Waals surface area contributed by atoms with Crippen LogP contribution >= 0.6 is 0 Å². The topological polar surface area (TPSA) is 96.2 Å². The van der Waals surface area contributed by atoms with Crippen LogP contribution in [0.25, 0.3) is 11.0 Å². The average molecular weight is 413 g/mol. The van der Waals surface area contributed by atoms with Crippen molar-refractivity contribution in [3.05, 3.63) is 59.9 Å². The molecule has 30 heavy (non-hydrogen) atoms. The van der Waals surface area contributed by atoms with Crippen LogP contribution in [0.15, 0.2) is 52.9 Å². The Kier molecular flexibility index (Phi) is 7.42. The fourth-order valence-electron chi connectivity index (χ4n) is 2.77. The highest BCUT2D eigenvalue weighted by Crippen LogP contribution is 2.24. The predicted octanol–water partition coefficient (Wildman–Crippen LogP) is 2.94. The normalized spacial score (nSPS) is 11.8. The Hall–Kier alpha value is -3.36. The van der Waals surface area contributed by atoms with E-state index in [-0.39, 0.29) is 25.8 Å². The lowest BCUT2D eigenvalue weighted by Gasteiger charge is -2.13. The SMILES string of the molecule is COCOc1cccc(COCC(C=O)NC(=O)c2cc3cc(OC)ccc3o2)c1. The summed E-state index contributed by atoms with van der Waals surface area (Å²) in [5.74, 6) is 0.916. The Morgan fingerprint density at radius 2 is 2.00 bits per heavy atom. The van der Waals surface area contributed by atoms with Crippen LogP contribution in [-0.4, -0.2) is 45.9 Å². The Morgan fingerprint density at radius 3 is 2.77 bits per heavy atom. The summed E-state index contributed by atoms with van der Waals surface area (Å²) in [6.45, 7) is 0.430. The van der Waals surface area contributed by atoms with Gasteiger partial charge in [-0.25, -0.2) is 0 Å². The smallest absolute Gasteiger partial charge is 0.287 e. The maximum atomic E-state index is 12.4. The third-order valence-corrected chi connectivity index (χ3v) is 4.24. The van der Waals surface area contributed by atoms with Gasteiger partial charge in [0.25, 0.3) is 5.91 Å². The standard InChI is InChI=1S/C22H23NO7/c1-26-14-29-19-5-3-4-15(8-19)12-28-13-17(11-24)23-22(25)21-10-16-9-18(27-2)6-7-20(16)30-21/h3-11,17H,12-14H2,1-2H3,(H,23,25). The van der Waals surface area contributed by atoms with Gasteiger partial charge in [-0.1, -0.05) is 12.1 Å².